The average Bonchev–Trinajstić information content (AvgIpc) is 3.08. The van der Waals surface area contributed by atoms with Gasteiger partial charge in [0.2, 0.25) is 0 Å². The van der Waals surface area contributed by atoms with Gasteiger partial charge in [-0.2, -0.15) is 0 Å². The van der Waals surface area contributed by atoms with Crippen LogP contribution in [0.25, 0.3) is 10.4 Å². The molecule has 2 nitrogen and oxygen atoms in total. The minimum atomic E-state index is -0.313. The number of thiophene rings is 1. The molecule has 0 atom stereocenters. The highest BCUT2D eigenvalue weighted by Crippen LogP contribution is 2.30. The number of esters is 1. The lowest BCUT2D eigenvalue weighted by molar-refractivity contribution is -0.129. The van der Waals surface area contributed by atoms with Crippen LogP contribution in [0.2, 0.25) is 0 Å². The Bertz CT molecular complexity index is 668. The molecule has 0 radical (unpaired) electrons. The molecule has 0 aliphatic heterocycles. The van der Waals surface area contributed by atoms with Gasteiger partial charge in [0.25, 0.3) is 0 Å². The van der Waals surface area contributed by atoms with Crippen LogP contribution in [0.5, 0.6) is 5.75 Å². The highest BCUT2D eigenvalue weighted by atomic mass is 32.1. The highest BCUT2D eigenvalue weighted by Gasteiger charge is 2.05. The Hall–Kier alpha value is -1.87. The van der Waals surface area contributed by atoms with E-state index in [0.29, 0.717) is 5.75 Å². The maximum atomic E-state index is 11.7. The molecule has 0 unspecified atom stereocenters. The van der Waals surface area contributed by atoms with Crippen molar-refractivity contribution >= 4 is 17.3 Å². The monoisotopic (exact) mass is 356 g/mol. The van der Waals surface area contributed by atoms with Gasteiger partial charge in [-0.25, -0.2) is 4.79 Å². The van der Waals surface area contributed by atoms with E-state index in [4.69, 9.17) is 4.74 Å². The van der Waals surface area contributed by atoms with Crippen molar-refractivity contribution in [1.82, 2.24) is 0 Å². The molecule has 3 heteroatoms. The molecule has 0 spiro atoms. The van der Waals surface area contributed by atoms with E-state index in [1.54, 1.807) is 0 Å². The first-order valence-electron chi connectivity index (χ1n) is 9.30. The number of carbonyl (C=O) groups is 1. The molecule has 0 amide bonds. The number of carbonyl (C=O) groups excluding carboxylic acids is 1. The predicted molar refractivity (Wildman–Crippen MR) is 107 cm³/mol. The summed E-state index contributed by atoms with van der Waals surface area (Å²) in [7, 11) is 0. The van der Waals surface area contributed by atoms with Crippen LogP contribution >= 0.6 is 11.3 Å². The van der Waals surface area contributed by atoms with Crippen molar-refractivity contribution in [3.63, 3.8) is 0 Å². The number of hydrogen-bond donors (Lipinski definition) is 0. The molecule has 25 heavy (non-hydrogen) atoms. The van der Waals surface area contributed by atoms with Crippen molar-refractivity contribution in [2.45, 2.75) is 58.8 Å². The predicted octanol–water partition coefficient (Wildman–Crippen LogP) is 6.80. The Balaban J connectivity index is 1.89. The molecule has 0 aliphatic carbocycles. The van der Waals surface area contributed by atoms with Crippen molar-refractivity contribution in [2.75, 3.05) is 0 Å². The number of aryl methyl sites for hydroxylation is 1. The zero-order chi connectivity index (χ0) is 17.9. The van der Waals surface area contributed by atoms with Crippen molar-refractivity contribution in [3.8, 4) is 16.2 Å². The van der Waals surface area contributed by atoms with E-state index in [1.165, 1.54) is 53.5 Å². The number of unbranched alkanes of at least 4 members (excludes halogenated alkanes) is 4. The van der Waals surface area contributed by atoms with Crippen molar-refractivity contribution in [2.24, 2.45) is 0 Å². The maximum Gasteiger partial charge on any atom is 0.335 e. The van der Waals surface area contributed by atoms with Crippen LogP contribution in [0, 0.1) is 0 Å². The third-order valence-corrected chi connectivity index (χ3v) is 5.20. The second kappa shape index (κ2) is 10.9. The molecule has 2 rings (SSSR count). The van der Waals surface area contributed by atoms with Crippen molar-refractivity contribution in [1.29, 1.82) is 0 Å². The fourth-order valence-electron chi connectivity index (χ4n) is 2.58. The normalized spacial score (nSPS) is 11.1. The third-order valence-electron chi connectivity index (χ3n) is 4.00. The van der Waals surface area contributed by atoms with Gasteiger partial charge < -0.3 is 4.74 Å². The molecule has 134 valence electrons. The number of allylic oxidation sites excluding steroid dienone is 1. The fraction of sp³-hybridized carbons (Fsp3) is 0.409. The number of ether oxygens (including phenoxy) is 1. The maximum absolute atomic E-state index is 11.7. The minimum absolute atomic E-state index is 0.313. The molecule has 1 heterocycles. The first-order chi connectivity index (χ1) is 12.2. The van der Waals surface area contributed by atoms with Gasteiger partial charge in [-0.05, 0) is 61.2 Å². The van der Waals surface area contributed by atoms with Gasteiger partial charge in [0.15, 0.2) is 0 Å². The molecule has 0 saturated carbocycles. The summed E-state index contributed by atoms with van der Waals surface area (Å²) in [6.07, 6.45) is 11.6. The van der Waals surface area contributed by atoms with Crippen LogP contribution in [-0.2, 0) is 11.2 Å². The number of rotatable bonds is 10. The zero-order valence-electron chi connectivity index (χ0n) is 15.3. The van der Waals surface area contributed by atoms with Crippen LogP contribution in [-0.4, -0.2) is 5.97 Å². The Morgan fingerprint density at radius 1 is 1.00 bits per heavy atom. The summed E-state index contributed by atoms with van der Waals surface area (Å²) in [6.45, 7) is 4.32. The second-order valence-electron chi connectivity index (χ2n) is 6.21. The lowest BCUT2D eigenvalue weighted by Gasteiger charge is -2.03. The van der Waals surface area contributed by atoms with Crippen LogP contribution < -0.4 is 4.74 Å². The van der Waals surface area contributed by atoms with E-state index < -0.39 is 0 Å². The Kier molecular flexibility index (Phi) is 8.47. The van der Waals surface area contributed by atoms with Crippen molar-refractivity contribution in [3.05, 3.63) is 53.4 Å². The smallest absolute Gasteiger partial charge is 0.335 e. The molecule has 0 fully saturated rings. The molecule has 1 aromatic heterocycles. The lowest BCUT2D eigenvalue weighted by atomic mass is 10.1. The summed E-state index contributed by atoms with van der Waals surface area (Å²) >= 11 is 1.86. The van der Waals surface area contributed by atoms with Crippen LogP contribution in [0.3, 0.4) is 0 Å². The average molecular weight is 357 g/mol. The van der Waals surface area contributed by atoms with E-state index in [2.05, 4.69) is 26.0 Å². The Morgan fingerprint density at radius 3 is 2.52 bits per heavy atom. The molecular weight excluding hydrogens is 328 g/mol. The number of benzene rings is 1. The summed E-state index contributed by atoms with van der Waals surface area (Å²) in [5.41, 5.74) is 1.17. The fourth-order valence-corrected chi connectivity index (χ4v) is 3.63. The highest BCUT2D eigenvalue weighted by molar-refractivity contribution is 7.15. The van der Waals surface area contributed by atoms with E-state index in [-0.39, 0.29) is 5.97 Å². The van der Waals surface area contributed by atoms with Gasteiger partial charge in [0.1, 0.15) is 5.75 Å². The topological polar surface area (TPSA) is 26.3 Å². The van der Waals surface area contributed by atoms with Gasteiger partial charge >= 0.3 is 5.97 Å². The SMILES string of the molecule is CCCC=CC(=O)Oc1ccc(-c2ccc(CCCCCC)s2)cc1. The molecule has 1 aromatic carbocycles. The van der Waals surface area contributed by atoms with Gasteiger partial charge in [-0.15, -0.1) is 11.3 Å². The lowest BCUT2D eigenvalue weighted by Crippen LogP contribution is -2.03. The summed E-state index contributed by atoms with van der Waals surface area (Å²) in [4.78, 5) is 14.4. The summed E-state index contributed by atoms with van der Waals surface area (Å²) < 4.78 is 5.31. The molecule has 0 bridgehead atoms. The Labute approximate surface area is 155 Å². The van der Waals surface area contributed by atoms with E-state index in [1.807, 2.05) is 41.7 Å². The molecule has 2 aromatic rings. The quantitative estimate of drug-likeness (QED) is 0.202. The molecule has 0 N–H and O–H groups in total. The summed E-state index contributed by atoms with van der Waals surface area (Å²) in [6, 6.07) is 12.2. The summed E-state index contributed by atoms with van der Waals surface area (Å²) in [5.74, 6) is 0.276. The van der Waals surface area contributed by atoms with Gasteiger partial charge in [-0.1, -0.05) is 45.6 Å². The second-order valence-corrected chi connectivity index (χ2v) is 7.38. The number of hydrogen-bond acceptors (Lipinski definition) is 3. The minimum Gasteiger partial charge on any atom is -0.423 e. The molecule has 0 aliphatic rings. The van der Waals surface area contributed by atoms with E-state index >= 15 is 0 Å². The van der Waals surface area contributed by atoms with E-state index in [0.717, 1.165) is 12.8 Å². The van der Waals surface area contributed by atoms with Crippen LogP contribution in [0.15, 0.2) is 48.6 Å². The van der Waals surface area contributed by atoms with Crippen molar-refractivity contribution < 1.29 is 9.53 Å². The van der Waals surface area contributed by atoms with Gasteiger partial charge in [0, 0.05) is 15.8 Å². The first-order valence-corrected chi connectivity index (χ1v) is 10.1. The third kappa shape index (κ3) is 6.87. The zero-order valence-corrected chi connectivity index (χ0v) is 16.1. The van der Waals surface area contributed by atoms with Crippen LogP contribution in [0.1, 0.15) is 57.2 Å². The van der Waals surface area contributed by atoms with E-state index in [9.17, 15) is 4.79 Å². The molecular formula is C22H28O2S. The standard InChI is InChI=1S/C22H28O2S/c1-3-5-7-9-10-20-16-17-21(25-20)18-12-14-19(15-13-18)24-22(23)11-8-6-4-2/h8,11-17H,3-7,9-10H2,1-2H3. The van der Waals surface area contributed by atoms with Gasteiger partial charge in [0.05, 0.1) is 0 Å². The molecule has 0 saturated heterocycles. The van der Waals surface area contributed by atoms with Crippen LogP contribution in [0.4, 0.5) is 0 Å². The van der Waals surface area contributed by atoms with Gasteiger partial charge in [-0.3, -0.25) is 0 Å². The first kappa shape index (κ1) is 19.5. The summed E-state index contributed by atoms with van der Waals surface area (Å²) in [5, 5.41) is 0. The Morgan fingerprint density at radius 2 is 1.80 bits per heavy atom. The largest absolute Gasteiger partial charge is 0.423 e.